The van der Waals surface area contributed by atoms with Crippen molar-refractivity contribution in [3.63, 3.8) is 0 Å². The van der Waals surface area contributed by atoms with Crippen molar-refractivity contribution in [1.29, 1.82) is 0 Å². The van der Waals surface area contributed by atoms with Crippen LogP contribution in [0.5, 0.6) is 5.75 Å². The van der Waals surface area contributed by atoms with E-state index in [1.54, 1.807) is 0 Å². The van der Waals surface area contributed by atoms with Crippen LogP contribution in [0.3, 0.4) is 0 Å². The van der Waals surface area contributed by atoms with E-state index in [0.29, 0.717) is 12.6 Å². The quantitative estimate of drug-likeness (QED) is 0.849. The number of nitrogens with zero attached hydrogens (tertiary/aromatic N) is 2. The molecule has 1 aromatic carbocycles. The van der Waals surface area contributed by atoms with E-state index in [4.69, 9.17) is 4.74 Å². The largest absolute Gasteiger partial charge is 0.486 e. The molecule has 0 saturated carbocycles. The van der Waals surface area contributed by atoms with Gasteiger partial charge >= 0.3 is 0 Å². The molecule has 0 atom stereocenters. The number of ether oxygens (including phenoxy) is 1. The van der Waals surface area contributed by atoms with Crippen LogP contribution in [-0.4, -0.2) is 9.55 Å². The number of hydrogen-bond donors (Lipinski definition) is 0. The summed E-state index contributed by atoms with van der Waals surface area (Å²) in [6, 6.07) is 8.40. The lowest BCUT2D eigenvalue weighted by molar-refractivity contribution is 0.286. The van der Waals surface area contributed by atoms with Gasteiger partial charge in [-0.1, -0.05) is 17.7 Å². The molecular weight excluding hydrogens is 292 g/mol. The van der Waals surface area contributed by atoms with Crippen molar-refractivity contribution in [2.45, 2.75) is 33.4 Å². The topological polar surface area (TPSA) is 27.1 Å². The highest BCUT2D eigenvalue weighted by atomic mass is 79.9. The van der Waals surface area contributed by atoms with E-state index in [9.17, 15) is 0 Å². The lowest BCUT2D eigenvalue weighted by Crippen LogP contribution is -2.09. The van der Waals surface area contributed by atoms with Crippen molar-refractivity contribution in [2.75, 3.05) is 0 Å². The van der Waals surface area contributed by atoms with Crippen LogP contribution in [0.15, 0.2) is 35.1 Å². The highest BCUT2D eigenvalue weighted by Crippen LogP contribution is 2.20. The molecule has 0 bridgehead atoms. The fourth-order valence-electron chi connectivity index (χ4n) is 1.81. The zero-order valence-electron chi connectivity index (χ0n) is 10.9. The first kappa shape index (κ1) is 13.1. The Bertz CT molecular complexity index is 517. The molecule has 0 aliphatic rings. The summed E-state index contributed by atoms with van der Waals surface area (Å²) in [6.45, 7) is 6.79. The van der Waals surface area contributed by atoms with E-state index in [0.717, 1.165) is 16.2 Å². The average molecular weight is 309 g/mol. The maximum atomic E-state index is 5.75. The van der Waals surface area contributed by atoms with E-state index in [2.05, 4.69) is 46.3 Å². The Hall–Kier alpha value is -1.29. The van der Waals surface area contributed by atoms with Gasteiger partial charge in [0.2, 0.25) is 0 Å². The minimum Gasteiger partial charge on any atom is -0.486 e. The highest BCUT2D eigenvalue weighted by molar-refractivity contribution is 9.10. The van der Waals surface area contributed by atoms with Crippen molar-refractivity contribution in [1.82, 2.24) is 9.55 Å². The first-order valence-corrected chi connectivity index (χ1v) is 6.78. The second kappa shape index (κ2) is 5.57. The third-order valence-electron chi connectivity index (χ3n) is 2.73. The standard InChI is InChI=1S/C14H17BrN2O/c1-10(2)17-13(15)8-16-14(17)9-18-12-6-4-11(3)5-7-12/h4-8,10H,9H2,1-3H3. The third-order valence-corrected chi connectivity index (χ3v) is 3.32. The van der Waals surface area contributed by atoms with Crippen LogP contribution in [0.1, 0.15) is 31.3 Å². The minimum absolute atomic E-state index is 0.360. The molecule has 1 aromatic heterocycles. The molecule has 1 heterocycles. The average Bonchev–Trinajstić information content (AvgIpc) is 2.70. The molecule has 0 aliphatic carbocycles. The third kappa shape index (κ3) is 2.93. The minimum atomic E-state index is 0.360. The second-order valence-electron chi connectivity index (χ2n) is 4.56. The summed E-state index contributed by atoms with van der Waals surface area (Å²) in [4.78, 5) is 4.36. The van der Waals surface area contributed by atoms with E-state index < -0.39 is 0 Å². The Kier molecular flexibility index (Phi) is 4.07. The molecule has 0 N–H and O–H groups in total. The molecule has 96 valence electrons. The van der Waals surface area contributed by atoms with Crippen molar-refractivity contribution in [3.05, 3.63) is 46.5 Å². The number of halogens is 1. The Labute approximate surface area is 116 Å². The Balaban J connectivity index is 2.08. The van der Waals surface area contributed by atoms with Crippen LogP contribution >= 0.6 is 15.9 Å². The number of imidazole rings is 1. The molecule has 3 nitrogen and oxygen atoms in total. The molecule has 4 heteroatoms. The fraction of sp³-hybridized carbons (Fsp3) is 0.357. The van der Waals surface area contributed by atoms with Gasteiger partial charge in [0.15, 0.2) is 0 Å². The molecular formula is C14H17BrN2O. The smallest absolute Gasteiger partial charge is 0.147 e. The van der Waals surface area contributed by atoms with Gasteiger partial charge < -0.3 is 9.30 Å². The second-order valence-corrected chi connectivity index (χ2v) is 5.38. The van der Waals surface area contributed by atoms with Crippen LogP contribution in [-0.2, 0) is 6.61 Å². The Morgan fingerprint density at radius 3 is 2.56 bits per heavy atom. The zero-order valence-corrected chi connectivity index (χ0v) is 12.4. The summed E-state index contributed by atoms with van der Waals surface area (Å²) in [7, 11) is 0. The molecule has 0 fully saturated rings. The highest BCUT2D eigenvalue weighted by Gasteiger charge is 2.11. The number of aryl methyl sites for hydroxylation is 1. The van der Waals surface area contributed by atoms with Gasteiger partial charge in [-0.25, -0.2) is 4.98 Å². The molecule has 0 radical (unpaired) electrons. The fourth-order valence-corrected chi connectivity index (χ4v) is 2.53. The molecule has 2 aromatic rings. The van der Waals surface area contributed by atoms with Gasteiger partial charge in [0.1, 0.15) is 22.8 Å². The Morgan fingerprint density at radius 1 is 1.28 bits per heavy atom. The van der Waals surface area contributed by atoms with Crippen LogP contribution in [0.4, 0.5) is 0 Å². The summed E-state index contributed by atoms with van der Waals surface area (Å²) in [5.41, 5.74) is 1.23. The summed E-state index contributed by atoms with van der Waals surface area (Å²) in [5, 5.41) is 0. The SMILES string of the molecule is Cc1ccc(OCc2ncc(Br)n2C(C)C)cc1. The van der Waals surface area contributed by atoms with Crippen molar-refractivity contribution >= 4 is 15.9 Å². The molecule has 0 unspecified atom stereocenters. The van der Waals surface area contributed by atoms with Crippen LogP contribution < -0.4 is 4.74 Å². The predicted octanol–water partition coefficient (Wildman–Crippen LogP) is 4.11. The van der Waals surface area contributed by atoms with E-state index in [-0.39, 0.29) is 0 Å². The monoisotopic (exact) mass is 308 g/mol. The lowest BCUT2D eigenvalue weighted by atomic mass is 10.2. The number of hydrogen-bond acceptors (Lipinski definition) is 2. The van der Waals surface area contributed by atoms with E-state index in [1.807, 2.05) is 30.5 Å². The molecule has 18 heavy (non-hydrogen) atoms. The van der Waals surface area contributed by atoms with E-state index >= 15 is 0 Å². The zero-order chi connectivity index (χ0) is 13.1. The number of rotatable bonds is 4. The van der Waals surface area contributed by atoms with Crippen molar-refractivity contribution in [3.8, 4) is 5.75 Å². The predicted molar refractivity (Wildman–Crippen MR) is 75.8 cm³/mol. The van der Waals surface area contributed by atoms with Crippen LogP contribution in [0, 0.1) is 6.92 Å². The van der Waals surface area contributed by atoms with Crippen molar-refractivity contribution in [2.24, 2.45) is 0 Å². The summed E-state index contributed by atoms with van der Waals surface area (Å²) in [6.07, 6.45) is 1.81. The first-order chi connectivity index (χ1) is 8.58. The van der Waals surface area contributed by atoms with Crippen molar-refractivity contribution < 1.29 is 4.74 Å². The normalized spacial score (nSPS) is 10.9. The maximum absolute atomic E-state index is 5.75. The first-order valence-electron chi connectivity index (χ1n) is 5.99. The lowest BCUT2D eigenvalue weighted by Gasteiger charge is -2.13. The van der Waals surface area contributed by atoms with Gasteiger partial charge in [-0.05, 0) is 48.8 Å². The molecule has 0 aliphatic heterocycles. The van der Waals surface area contributed by atoms with Gasteiger partial charge in [0.05, 0.1) is 6.20 Å². The van der Waals surface area contributed by atoms with Gasteiger partial charge in [-0.15, -0.1) is 0 Å². The molecule has 0 spiro atoms. The number of aromatic nitrogens is 2. The van der Waals surface area contributed by atoms with Crippen LogP contribution in [0.25, 0.3) is 0 Å². The van der Waals surface area contributed by atoms with Crippen LogP contribution in [0.2, 0.25) is 0 Å². The molecule has 0 saturated heterocycles. The molecule has 0 amide bonds. The maximum Gasteiger partial charge on any atom is 0.147 e. The number of benzene rings is 1. The van der Waals surface area contributed by atoms with Gasteiger partial charge in [-0.2, -0.15) is 0 Å². The van der Waals surface area contributed by atoms with Gasteiger partial charge in [-0.3, -0.25) is 0 Å². The summed E-state index contributed by atoms with van der Waals surface area (Å²) in [5.74, 6) is 1.80. The molecule has 2 rings (SSSR count). The van der Waals surface area contributed by atoms with Gasteiger partial charge in [0, 0.05) is 6.04 Å². The summed E-state index contributed by atoms with van der Waals surface area (Å²) >= 11 is 3.50. The van der Waals surface area contributed by atoms with E-state index in [1.165, 1.54) is 5.56 Å². The van der Waals surface area contributed by atoms with Gasteiger partial charge in [0.25, 0.3) is 0 Å². The Morgan fingerprint density at radius 2 is 1.94 bits per heavy atom. The summed E-state index contributed by atoms with van der Waals surface area (Å²) < 4.78 is 8.85.